The number of carbonyl (C=O) groups is 1. The number of pyridine rings is 1. The number of nitrogens with one attached hydrogen (secondary N) is 2. The molecular formula is C29H33Cl2N7O4. The van der Waals surface area contributed by atoms with E-state index in [1.165, 1.54) is 14.2 Å². The lowest BCUT2D eigenvalue weighted by Crippen LogP contribution is -2.60. The third-order valence-corrected chi connectivity index (χ3v) is 7.51. The van der Waals surface area contributed by atoms with Crippen molar-refractivity contribution in [3.05, 3.63) is 50.4 Å². The van der Waals surface area contributed by atoms with Crippen molar-refractivity contribution in [2.45, 2.75) is 33.4 Å². The van der Waals surface area contributed by atoms with E-state index in [0.29, 0.717) is 48.1 Å². The van der Waals surface area contributed by atoms with Gasteiger partial charge in [0.1, 0.15) is 28.8 Å². The summed E-state index contributed by atoms with van der Waals surface area (Å²) in [7, 11) is 4.62. The van der Waals surface area contributed by atoms with Crippen LogP contribution >= 0.6 is 23.2 Å². The van der Waals surface area contributed by atoms with Crippen LogP contribution in [0.2, 0.25) is 10.0 Å². The zero-order chi connectivity index (χ0) is 30.8. The maximum absolute atomic E-state index is 14.0. The Labute approximate surface area is 254 Å². The van der Waals surface area contributed by atoms with E-state index >= 15 is 0 Å². The molecule has 1 aliphatic rings. The Morgan fingerprint density at radius 3 is 2.38 bits per heavy atom. The number of likely N-dealkylation sites (tertiary alicyclic amines) is 1. The van der Waals surface area contributed by atoms with Gasteiger partial charge in [-0.3, -0.25) is 14.2 Å². The Morgan fingerprint density at radius 1 is 1.19 bits per heavy atom. The summed E-state index contributed by atoms with van der Waals surface area (Å²) in [5, 5.41) is 16.7. The van der Waals surface area contributed by atoms with E-state index < -0.39 is 0 Å². The molecule has 11 nitrogen and oxygen atoms in total. The molecule has 0 aliphatic carbocycles. The Kier molecular flexibility index (Phi) is 9.30. The van der Waals surface area contributed by atoms with Crippen molar-refractivity contribution in [3.63, 3.8) is 0 Å². The summed E-state index contributed by atoms with van der Waals surface area (Å²) in [6, 6.07) is 5.25. The van der Waals surface area contributed by atoms with Crippen LogP contribution in [0.5, 0.6) is 11.5 Å². The number of carbonyl (C=O) groups excluding carboxylic acids is 1. The maximum atomic E-state index is 14.0. The van der Waals surface area contributed by atoms with Crippen molar-refractivity contribution in [3.8, 4) is 28.7 Å². The first-order chi connectivity index (χ1) is 19.9. The van der Waals surface area contributed by atoms with Crippen molar-refractivity contribution < 1.29 is 14.3 Å². The van der Waals surface area contributed by atoms with Crippen LogP contribution in [0.3, 0.4) is 0 Å². The van der Waals surface area contributed by atoms with Gasteiger partial charge in [-0.2, -0.15) is 10.2 Å². The van der Waals surface area contributed by atoms with Crippen molar-refractivity contribution in [2.24, 2.45) is 5.41 Å². The Bertz CT molecular complexity index is 1620. The highest BCUT2D eigenvalue weighted by molar-refractivity contribution is 6.41. The number of anilines is 1. The molecule has 0 spiro atoms. The summed E-state index contributed by atoms with van der Waals surface area (Å²) in [4.78, 5) is 37.2. The number of fused-ring (bicyclic) bond motifs is 1. The molecule has 2 N–H and O–H groups in total. The van der Waals surface area contributed by atoms with Gasteiger partial charge in [-0.15, -0.1) is 0 Å². The summed E-state index contributed by atoms with van der Waals surface area (Å²) in [6.07, 6.45) is 3.31. The van der Waals surface area contributed by atoms with E-state index in [2.05, 4.69) is 20.6 Å². The van der Waals surface area contributed by atoms with Crippen LogP contribution in [0.15, 0.2) is 34.8 Å². The Balaban J connectivity index is 1.62. The number of methoxy groups -OCH3 is 2. The smallest absolute Gasteiger partial charge is 0.264 e. The minimum atomic E-state index is -0.361. The summed E-state index contributed by atoms with van der Waals surface area (Å²) in [5.74, 6) is 0.700. The number of hydrogen-bond donors (Lipinski definition) is 2. The zero-order valence-corrected chi connectivity index (χ0v) is 25.9. The molecule has 222 valence electrons. The predicted octanol–water partition coefficient (Wildman–Crippen LogP) is 4.12. The van der Waals surface area contributed by atoms with Gasteiger partial charge in [-0.25, -0.2) is 4.98 Å². The molecule has 1 fully saturated rings. The molecule has 2 aromatic heterocycles. The average Bonchev–Trinajstić information content (AvgIpc) is 2.93. The second-order valence-corrected chi connectivity index (χ2v) is 11.7. The fourth-order valence-electron chi connectivity index (χ4n) is 4.69. The van der Waals surface area contributed by atoms with Crippen LogP contribution in [0.25, 0.3) is 22.2 Å². The van der Waals surface area contributed by atoms with Gasteiger partial charge < -0.3 is 25.0 Å². The van der Waals surface area contributed by atoms with Gasteiger partial charge >= 0.3 is 0 Å². The molecule has 0 unspecified atom stereocenters. The molecule has 4 rings (SSSR count). The largest absolute Gasteiger partial charge is 0.495 e. The number of nitrogens with zero attached hydrogens (tertiary/aromatic N) is 5. The molecular weight excluding hydrogens is 581 g/mol. The molecule has 1 amide bonds. The first kappa shape index (κ1) is 31.1. The van der Waals surface area contributed by atoms with E-state index in [4.69, 9.17) is 32.7 Å². The maximum Gasteiger partial charge on any atom is 0.264 e. The number of ether oxygens (including phenoxy) is 2. The Hall–Kier alpha value is -3.85. The summed E-state index contributed by atoms with van der Waals surface area (Å²) < 4.78 is 12.3. The van der Waals surface area contributed by atoms with Crippen LogP contribution < -0.4 is 25.7 Å². The van der Waals surface area contributed by atoms with E-state index in [1.54, 1.807) is 40.9 Å². The van der Waals surface area contributed by atoms with Crippen molar-refractivity contribution >= 4 is 46.1 Å². The monoisotopic (exact) mass is 613 g/mol. The second-order valence-electron chi connectivity index (χ2n) is 10.9. The third-order valence-electron chi connectivity index (χ3n) is 6.76. The molecule has 1 saturated heterocycles. The SMILES string of the molecule is CNc1ncc2cc(-c3c(Cl)c(OC)cc(OC)c3Cl)c(=O)n(CCNC3CN(C(=O)/C(C#N)=C\C(C)(C)C)C3)c2n1. The first-order valence-corrected chi connectivity index (χ1v) is 14.0. The van der Waals surface area contributed by atoms with Gasteiger partial charge in [-0.1, -0.05) is 50.0 Å². The fraction of sp³-hybridized carbons (Fsp3) is 0.414. The Morgan fingerprint density at radius 2 is 1.83 bits per heavy atom. The summed E-state index contributed by atoms with van der Waals surface area (Å²) in [6.45, 7) is 7.41. The molecule has 42 heavy (non-hydrogen) atoms. The predicted molar refractivity (Wildman–Crippen MR) is 163 cm³/mol. The van der Waals surface area contributed by atoms with Crippen molar-refractivity contribution in [1.82, 2.24) is 24.8 Å². The third kappa shape index (κ3) is 6.31. The highest BCUT2D eigenvalue weighted by atomic mass is 35.5. The number of aromatic nitrogens is 3. The summed E-state index contributed by atoms with van der Waals surface area (Å²) >= 11 is 13.3. The van der Waals surface area contributed by atoms with E-state index in [-0.39, 0.29) is 56.2 Å². The number of allylic oxidation sites excluding steroid dienone is 1. The van der Waals surface area contributed by atoms with Crippen LogP contribution in [-0.2, 0) is 11.3 Å². The normalized spacial score (nSPS) is 14.0. The molecule has 0 radical (unpaired) electrons. The first-order valence-electron chi connectivity index (χ1n) is 13.3. The van der Waals surface area contributed by atoms with Crippen molar-refractivity contribution in [2.75, 3.05) is 46.2 Å². The number of amides is 1. The minimum Gasteiger partial charge on any atom is -0.495 e. The van der Waals surface area contributed by atoms with Gasteiger partial charge in [0.15, 0.2) is 0 Å². The van der Waals surface area contributed by atoms with Gasteiger partial charge in [-0.05, 0) is 11.5 Å². The van der Waals surface area contributed by atoms with Crippen LogP contribution in [0.4, 0.5) is 5.95 Å². The lowest BCUT2D eigenvalue weighted by Gasteiger charge is -2.39. The van der Waals surface area contributed by atoms with Gasteiger partial charge in [0, 0.05) is 62.5 Å². The van der Waals surface area contributed by atoms with E-state index in [0.717, 1.165) is 0 Å². The lowest BCUT2D eigenvalue weighted by molar-refractivity contribution is -0.131. The highest BCUT2D eigenvalue weighted by Gasteiger charge is 2.32. The molecule has 1 aliphatic heterocycles. The second kappa shape index (κ2) is 12.6. The standard InChI is InChI=1S/C29H33Cl2N7O4/c1-29(2,3)11-17(12-32)26(39)37-14-18(15-37)34-7-8-38-25-16(13-35-28(33-4)36-25)9-19(27(38)40)22-23(30)20(41-5)10-21(42-6)24(22)31/h9-11,13,18,34H,7-8,14-15H2,1-6H3,(H,33,35,36)/b17-11-. The quantitative estimate of drug-likeness (QED) is 0.270. The minimum absolute atomic E-state index is 0.0164. The summed E-state index contributed by atoms with van der Waals surface area (Å²) in [5.41, 5.74) is 0.456. The molecule has 13 heteroatoms. The number of benzene rings is 1. The average molecular weight is 615 g/mol. The molecule has 0 bridgehead atoms. The highest BCUT2D eigenvalue weighted by Crippen LogP contribution is 2.45. The molecule has 3 heterocycles. The number of hydrogen-bond acceptors (Lipinski definition) is 9. The molecule has 0 saturated carbocycles. The van der Waals surface area contributed by atoms with E-state index in [9.17, 15) is 14.9 Å². The van der Waals surface area contributed by atoms with Crippen LogP contribution in [0, 0.1) is 16.7 Å². The van der Waals surface area contributed by atoms with Gasteiger partial charge in [0.2, 0.25) is 5.95 Å². The van der Waals surface area contributed by atoms with Crippen LogP contribution in [-0.4, -0.2) is 72.3 Å². The zero-order valence-electron chi connectivity index (χ0n) is 24.3. The fourth-order valence-corrected chi connectivity index (χ4v) is 5.39. The van der Waals surface area contributed by atoms with Gasteiger partial charge in [0.25, 0.3) is 11.5 Å². The molecule has 3 aromatic rings. The topological polar surface area (TPSA) is 134 Å². The van der Waals surface area contributed by atoms with E-state index in [1.807, 2.05) is 26.8 Å². The lowest BCUT2D eigenvalue weighted by atomic mass is 9.93. The van der Waals surface area contributed by atoms with Gasteiger partial charge in [0.05, 0.1) is 29.8 Å². The molecule has 1 aromatic carbocycles. The van der Waals surface area contributed by atoms with Crippen molar-refractivity contribution in [1.29, 1.82) is 5.26 Å². The number of nitriles is 1. The molecule has 0 atom stereocenters. The number of halogens is 2. The number of rotatable bonds is 9. The van der Waals surface area contributed by atoms with Crippen LogP contribution in [0.1, 0.15) is 20.8 Å².